The Morgan fingerprint density at radius 3 is 2.95 bits per heavy atom. The first-order valence-electron chi connectivity index (χ1n) is 7.42. The molecule has 1 aliphatic heterocycles. The van der Waals surface area contributed by atoms with Gasteiger partial charge in [-0.3, -0.25) is 15.0 Å². The highest BCUT2D eigenvalue weighted by atomic mass is 16.6. The molecule has 1 heterocycles. The molecule has 0 aliphatic carbocycles. The second-order valence-corrected chi connectivity index (χ2v) is 5.43. The largest absolute Gasteiger partial charge is 0.380 e. The van der Waals surface area contributed by atoms with Crippen LogP contribution in [0, 0.1) is 10.1 Å². The summed E-state index contributed by atoms with van der Waals surface area (Å²) in [6.45, 7) is 4.97. The fraction of sp³-hybridized carbons (Fsp3) is 0.600. The molecule has 0 aromatic heterocycles. The minimum absolute atomic E-state index is 0.139. The molecule has 0 radical (unpaired) electrons. The number of anilines is 1. The van der Waals surface area contributed by atoms with E-state index in [1.807, 2.05) is 20.0 Å². The predicted molar refractivity (Wildman–Crippen MR) is 82.6 cm³/mol. The zero-order valence-electron chi connectivity index (χ0n) is 12.7. The predicted octanol–water partition coefficient (Wildman–Crippen LogP) is 2.64. The number of nitro groups is 1. The highest BCUT2D eigenvalue weighted by Crippen LogP contribution is 2.29. The van der Waals surface area contributed by atoms with Gasteiger partial charge in [-0.1, -0.05) is 12.1 Å². The Morgan fingerprint density at radius 2 is 2.33 bits per heavy atom. The van der Waals surface area contributed by atoms with Crippen LogP contribution in [-0.4, -0.2) is 42.7 Å². The van der Waals surface area contributed by atoms with Crippen molar-refractivity contribution in [1.82, 2.24) is 4.90 Å². The summed E-state index contributed by atoms with van der Waals surface area (Å²) in [5, 5.41) is 14.3. The normalized spacial score (nSPS) is 18.1. The van der Waals surface area contributed by atoms with Crippen LogP contribution in [0.15, 0.2) is 18.2 Å². The van der Waals surface area contributed by atoms with E-state index < -0.39 is 0 Å². The molecule has 0 bridgehead atoms. The number of para-hydroxylation sites is 1. The Bertz CT molecular complexity index is 487. The van der Waals surface area contributed by atoms with Crippen LogP contribution in [0.3, 0.4) is 0 Å². The third-order valence-corrected chi connectivity index (χ3v) is 3.66. The molecule has 1 aromatic rings. The number of rotatable bonds is 7. The SMILES string of the molecule is CCNc1c(CN(C)CC2CCCO2)cccc1[N+](=O)[O-]. The minimum Gasteiger partial charge on any atom is -0.380 e. The molecule has 1 atom stereocenters. The number of benzene rings is 1. The lowest BCUT2D eigenvalue weighted by Crippen LogP contribution is -2.28. The van der Waals surface area contributed by atoms with Crippen LogP contribution in [0.2, 0.25) is 0 Å². The molecule has 0 spiro atoms. The Hall–Kier alpha value is -1.66. The maximum Gasteiger partial charge on any atom is 0.292 e. The van der Waals surface area contributed by atoms with Crippen molar-refractivity contribution in [2.24, 2.45) is 0 Å². The first-order valence-corrected chi connectivity index (χ1v) is 7.42. The molecule has 1 saturated heterocycles. The van der Waals surface area contributed by atoms with Crippen LogP contribution in [0.1, 0.15) is 25.3 Å². The third kappa shape index (κ3) is 4.15. The molecule has 2 rings (SSSR count). The van der Waals surface area contributed by atoms with E-state index in [4.69, 9.17) is 4.74 Å². The van der Waals surface area contributed by atoms with Gasteiger partial charge in [0.25, 0.3) is 5.69 Å². The molecule has 0 saturated carbocycles. The van der Waals surface area contributed by atoms with E-state index >= 15 is 0 Å². The summed E-state index contributed by atoms with van der Waals surface area (Å²) in [6.07, 6.45) is 2.51. The van der Waals surface area contributed by atoms with Gasteiger partial charge in [0.05, 0.1) is 11.0 Å². The molecular formula is C15H23N3O3. The van der Waals surface area contributed by atoms with Crippen molar-refractivity contribution in [2.45, 2.75) is 32.4 Å². The fourth-order valence-corrected chi connectivity index (χ4v) is 2.74. The van der Waals surface area contributed by atoms with Gasteiger partial charge >= 0.3 is 0 Å². The number of likely N-dealkylation sites (N-methyl/N-ethyl adjacent to an activating group) is 1. The van der Waals surface area contributed by atoms with Crippen LogP contribution in [0.25, 0.3) is 0 Å². The topological polar surface area (TPSA) is 67.6 Å². The number of nitrogens with zero attached hydrogens (tertiary/aromatic N) is 2. The van der Waals surface area contributed by atoms with Crippen LogP contribution in [-0.2, 0) is 11.3 Å². The van der Waals surface area contributed by atoms with Gasteiger partial charge in [-0.25, -0.2) is 0 Å². The molecule has 1 unspecified atom stereocenters. The van der Waals surface area contributed by atoms with Crippen molar-refractivity contribution in [3.63, 3.8) is 0 Å². The Labute approximate surface area is 125 Å². The lowest BCUT2D eigenvalue weighted by Gasteiger charge is -2.22. The van der Waals surface area contributed by atoms with Gasteiger partial charge in [0.15, 0.2) is 0 Å². The van der Waals surface area contributed by atoms with Gasteiger partial charge in [-0.15, -0.1) is 0 Å². The monoisotopic (exact) mass is 293 g/mol. The minimum atomic E-state index is -0.332. The Balaban J connectivity index is 2.10. The van der Waals surface area contributed by atoms with Crippen LogP contribution < -0.4 is 5.32 Å². The summed E-state index contributed by atoms with van der Waals surface area (Å²) >= 11 is 0. The van der Waals surface area contributed by atoms with Crippen molar-refractivity contribution >= 4 is 11.4 Å². The van der Waals surface area contributed by atoms with Gasteiger partial charge in [-0.2, -0.15) is 0 Å². The molecule has 116 valence electrons. The van der Waals surface area contributed by atoms with Crippen molar-refractivity contribution < 1.29 is 9.66 Å². The molecule has 1 aromatic carbocycles. The zero-order valence-corrected chi connectivity index (χ0v) is 12.7. The molecule has 6 heteroatoms. The fourth-order valence-electron chi connectivity index (χ4n) is 2.74. The quantitative estimate of drug-likeness (QED) is 0.618. The number of hydrogen-bond acceptors (Lipinski definition) is 5. The van der Waals surface area contributed by atoms with Crippen LogP contribution >= 0.6 is 0 Å². The zero-order chi connectivity index (χ0) is 15.2. The maximum absolute atomic E-state index is 11.1. The first kappa shape index (κ1) is 15.7. The Kier molecular flexibility index (Phi) is 5.52. The Morgan fingerprint density at radius 1 is 1.52 bits per heavy atom. The van der Waals surface area contributed by atoms with E-state index in [0.717, 1.165) is 31.6 Å². The summed E-state index contributed by atoms with van der Waals surface area (Å²) in [6, 6.07) is 5.23. The lowest BCUT2D eigenvalue weighted by molar-refractivity contribution is -0.384. The van der Waals surface area contributed by atoms with Crippen molar-refractivity contribution in [1.29, 1.82) is 0 Å². The van der Waals surface area contributed by atoms with E-state index in [0.29, 0.717) is 18.8 Å². The van der Waals surface area contributed by atoms with Gasteiger partial charge in [-0.05, 0) is 32.4 Å². The standard InChI is InChI=1S/C15H23N3O3/c1-3-16-15-12(6-4-8-14(15)18(19)20)10-17(2)11-13-7-5-9-21-13/h4,6,8,13,16H,3,5,7,9-11H2,1-2H3. The van der Waals surface area contributed by atoms with Gasteiger partial charge in [0.1, 0.15) is 5.69 Å². The highest BCUT2D eigenvalue weighted by Gasteiger charge is 2.20. The van der Waals surface area contributed by atoms with Crippen LogP contribution in [0.5, 0.6) is 0 Å². The van der Waals surface area contributed by atoms with E-state index in [2.05, 4.69) is 10.2 Å². The van der Waals surface area contributed by atoms with E-state index in [-0.39, 0.29) is 16.7 Å². The lowest BCUT2D eigenvalue weighted by atomic mass is 10.1. The summed E-state index contributed by atoms with van der Waals surface area (Å²) in [5.41, 5.74) is 1.72. The molecule has 21 heavy (non-hydrogen) atoms. The van der Waals surface area contributed by atoms with Gasteiger partial charge < -0.3 is 10.1 Å². The average molecular weight is 293 g/mol. The summed E-state index contributed by atoms with van der Waals surface area (Å²) < 4.78 is 5.64. The number of nitrogens with one attached hydrogen (secondary N) is 1. The van der Waals surface area contributed by atoms with E-state index in [9.17, 15) is 10.1 Å². The van der Waals surface area contributed by atoms with Crippen molar-refractivity contribution in [2.75, 3.05) is 32.1 Å². The average Bonchev–Trinajstić information content (AvgIpc) is 2.93. The van der Waals surface area contributed by atoms with Crippen LogP contribution in [0.4, 0.5) is 11.4 Å². The number of hydrogen-bond donors (Lipinski definition) is 1. The van der Waals surface area contributed by atoms with Crippen molar-refractivity contribution in [3.8, 4) is 0 Å². The highest BCUT2D eigenvalue weighted by molar-refractivity contribution is 5.66. The molecule has 1 N–H and O–H groups in total. The van der Waals surface area contributed by atoms with E-state index in [1.165, 1.54) is 0 Å². The molecule has 1 fully saturated rings. The molecule has 0 amide bonds. The second kappa shape index (κ2) is 7.38. The first-order chi connectivity index (χ1) is 10.1. The van der Waals surface area contributed by atoms with Gasteiger partial charge in [0, 0.05) is 32.3 Å². The number of nitro benzene ring substituents is 1. The van der Waals surface area contributed by atoms with Gasteiger partial charge in [0.2, 0.25) is 0 Å². The maximum atomic E-state index is 11.1. The summed E-state index contributed by atoms with van der Waals surface area (Å²) in [5.74, 6) is 0. The number of ether oxygens (including phenoxy) is 1. The third-order valence-electron chi connectivity index (χ3n) is 3.66. The molecule has 6 nitrogen and oxygen atoms in total. The second-order valence-electron chi connectivity index (χ2n) is 5.43. The van der Waals surface area contributed by atoms with E-state index in [1.54, 1.807) is 12.1 Å². The van der Waals surface area contributed by atoms with Crippen molar-refractivity contribution in [3.05, 3.63) is 33.9 Å². The summed E-state index contributed by atoms with van der Waals surface area (Å²) in [4.78, 5) is 13.0. The smallest absolute Gasteiger partial charge is 0.292 e. The summed E-state index contributed by atoms with van der Waals surface area (Å²) in [7, 11) is 2.02. The molecular weight excluding hydrogens is 270 g/mol. The molecule has 1 aliphatic rings.